The quantitative estimate of drug-likeness (QED) is 0.883. The molecule has 0 spiro atoms. The van der Waals surface area contributed by atoms with Crippen molar-refractivity contribution < 1.29 is 22.8 Å². The molecule has 1 fully saturated rings. The van der Waals surface area contributed by atoms with Gasteiger partial charge in [-0.15, -0.1) is 0 Å². The van der Waals surface area contributed by atoms with Gasteiger partial charge >= 0.3 is 12.2 Å². The molecule has 1 aromatic rings. The number of hydrogen-bond donors (Lipinski definition) is 2. The average molecular weight is 329 g/mol. The summed E-state index contributed by atoms with van der Waals surface area (Å²) in [5.74, 6) is -0.299. The molecule has 0 saturated carbocycles. The molecule has 1 heterocycles. The smallest absolute Gasteiger partial charge is 0.344 e. The van der Waals surface area contributed by atoms with E-state index in [1.807, 2.05) is 5.32 Å². The minimum absolute atomic E-state index is 0.299. The van der Waals surface area contributed by atoms with Gasteiger partial charge in [-0.25, -0.2) is 4.79 Å². The summed E-state index contributed by atoms with van der Waals surface area (Å²) >= 11 is 0. The van der Waals surface area contributed by atoms with Crippen LogP contribution in [0.5, 0.6) is 0 Å². The lowest BCUT2D eigenvalue weighted by Gasteiger charge is -2.23. The minimum Gasteiger partial charge on any atom is -0.344 e. The first-order chi connectivity index (χ1) is 10.8. The summed E-state index contributed by atoms with van der Waals surface area (Å²) in [6.07, 6.45) is -4.56. The van der Waals surface area contributed by atoms with Crippen LogP contribution in [0.4, 0.5) is 18.0 Å². The highest BCUT2D eigenvalue weighted by Crippen LogP contribution is 2.23. The Bertz CT molecular complexity index is 563. The largest absolute Gasteiger partial charge is 0.408 e. The van der Waals surface area contributed by atoms with Crippen molar-refractivity contribution in [3.63, 3.8) is 0 Å². The second kappa shape index (κ2) is 6.89. The Hall–Kier alpha value is -2.25. The molecule has 2 N–H and O–H groups in total. The summed E-state index contributed by atoms with van der Waals surface area (Å²) < 4.78 is 39.3. The number of likely N-dealkylation sites (tertiary alicyclic amines) is 1. The first-order valence-electron chi connectivity index (χ1n) is 7.20. The van der Waals surface area contributed by atoms with Crippen molar-refractivity contribution in [3.05, 3.63) is 35.9 Å². The van der Waals surface area contributed by atoms with Crippen molar-refractivity contribution >= 4 is 11.9 Å². The van der Waals surface area contributed by atoms with Crippen LogP contribution < -0.4 is 10.6 Å². The number of rotatable bonds is 4. The van der Waals surface area contributed by atoms with Crippen molar-refractivity contribution in [1.82, 2.24) is 15.5 Å². The van der Waals surface area contributed by atoms with Crippen molar-refractivity contribution in [2.24, 2.45) is 0 Å². The molecule has 3 amide bonds. The van der Waals surface area contributed by atoms with Gasteiger partial charge in [-0.05, 0) is 12.0 Å². The van der Waals surface area contributed by atoms with Crippen LogP contribution in [0.1, 0.15) is 12.0 Å². The number of hydrogen-bond acceptors (Lipinski definition) is 2. The van der Waals surface area contributed by atoms with Crippen molar-refractivity contribution in [2.45, 2.75) is 31.1 Å². The molecule has 2 rings (SSSR count). The van der Waals surface area contributed by atoms with Crippen LogP contribution in [-0.4, -0.2) is 48.7 Å². The second-order valence-electron chi connectivity index (χ2n) is 5.50. The third-order valence-corrected chi connectivity index (χ3v) is 3.72. The lowest BCUT2D eigenvalue weighted by molar-refractivity contribution is -0.152. The molecule has 0 bridgehead atoms. The fourth-order valence-corrected chi connectivity index (χ4v) is 2.41. The first-order valence-corrected chi connectivity index (χ1v) is 7.20. The van der Waals surface area contributed by atoms with Crippen molar-refractivity contribution in [2.75, 3.05) is 13.6 Å². The van der Waals surface area contributed by atoms with E-state index in [9.17, 15) is 22.8 Å². The highest BCUT2D eigenvalue weighted by molar-refractivity contribution is 5.88. The summed E-state index contributed by atoms with van der Waals surface area (Å²) in [6.45, 7) is 0.469. The normalized spacial score (nSPS) is 19.6. The predicted octanol–water partition coefficient (Wildman–Crippen LogP) is 1.69. The van der Waals surface area contributed by atoms with Crippen LogP contribution in [0.3, 0.4) is 0 Å². The predicted molar refractivity (Wildman–Crippen MR) is 77.7 cm³/mol. The number of likely N-dealkylation sites (N-methyl/N-ethyl adjacent to an activating group) is 1. The molecule has 0 unspecified atom stereocenters. The van der Waals surface area contributed by atoms with Gasteiger partial charge in [0.1, 0.15) is 12.1 Å². The Kier molecular flexibility index (Phi) is 5.12. The second-order valence-corrected chi connectivity index (χ2v) is 5.50. The highest BCUT2D eigenvalue weighted by Gasteiger charge is 2.41. The van der Waals surface area contributed by atoms with E-state index in [1.54, 1.807) is 37.4 Å². The Balaban J connectivity index is 1.98. The summed E-state index contributed by atoms with van der Waals surface area (Å²) in [5, 5.41) is 4.23. The molecule has 126 valence electrons. The lowest BCUT2D eigenvalue weighted by Crippen LogP contribution is -2.53. The molecule has 1 aliphatic heterocycles. The third-order valence-electron chi connectivity index (χ3n) is 3.72. The van der Waals surface area contributed by atoms with Crippen LogP contribution in [0.2, 0.25) is 0 Å². The molecule has 0 radical (unpaired) electrons. The van der Waals surface area contributed by atoms with Crippen LogP contribution in [0.15, 0.2) is 30.3 Å². The Morgan fingerprint density at radius 1 is 1.35 bits per heavy atom. The summed E-state index contributed by atoms with van der Waals surface area (Å²) in [5.41, 5.74) is 0.465. The molecule has 5 nitrogen and oxygen atoms in total. The maximum absolute atomic E-state index is 13.1. The Morgan fingerprint density at radius 2 is 2.00 bits per heavy atom. The molecule has 2 atom stereocenters. The van der Waals surface area contributed by atoms with E-state index in [0.29, 0.717) is 18.5 Å². The molecule has 1 saturated heterocycles. The fraction of sp³-hybridized carbons (Fsp3) is 0.467. The zero-order valence-corrected chi connectivity index (χ0v) is 12.6. The summed E-state index contributed by atoms with van der Waals surface area (Å²) in [7, 11) is 1.58. The number of alkyl halides is 3. The molecule has 0 aromatic heterocycles. The van der Waals surface area contributed by atoms with Crippen molar-refractivity contribution in [3.8, 4) is 0 Å². The van der Waals surface area contributed by atoms with Gasteiger partial charge in [-0.1, -0.05) is 30.3 Å². The molecule has 1 aliphatic rings. The molecule has 0 aliphatic carbocycles. The van der Waals surface area contributed by atoms with E-state index in [1.165, 1.54) is 4.90 Å². The maximum Gasteiger partial charge on any atom is 0.408 e. The lowest BCUT2D eigenvalue weighted by atomic mass is 10.1. The van der Waals surface area contributed by atoms with Gasteiger partial charge in [-0.2, -0.15) is 13.2 Å². The standard InChI is InChI=1S/C15H18F3N3O2/c1-21-8-7-11(13(21)22)19-14(23)20-12(15(16,17)18)9-10-5-3-2-4-6-10/h2-6,11-12H,7-9H2,1H3,(H2,19,20,23)/t11-,12+/m0/s1. The highest BCUT2D eigenvalue weighted by atomic mass is 19.4. The van der Waals surface area contributed by atoms with Gasteiger partial charge in [0.15, 0.2) is 0 Å². The van der Waals surface area contributed by atoms with Gasteiger partial charge < -0.3 is 15.5 Å². The number of nitrogens with zero attached hydrogens (tertiary/aromatic N) is 1. The van der Waals surface area contributed by atoms with E-state index < -0.39 is 24.3 Å². The zero-order valence-electron chi connectivity index (χ0n) is 12.6. The van der Waals surface area contributed by atoms with Crippen LogP contribution in [0, 0.1) is 0 Å². The van der Waals surface area contributed by atoms with E-state index >= 15 is 0 Å². The average Bonchev–Trinajstić information content (AvgIpc) is 2.79. The number of halogens is 3. The Morgan fingerprint density at radius 3 is 2.52 bits per heavy atom. The number of nitrogens with one attached hydrogen (secondary N) is 2. The topological polar surface area (TPSA) is 61.4 Å². The van der Waals surface area contributed by atoms with Gasteiger partial charge in [0.25, 0.3) is 0 Å². The summed E-state index contributed by atoms with van der Waals surface area (Å²) in [6, 6.07) is 4.32. The van der Waals surface area contributed by atoms with E-state index in [4.69, 9.17) is 0 Å². The maximum atomic E-state index is 13.1. The molecule has 8 heteroatoms. The number of benzene rings is 1. The molecule has 23 heavy (non-hydrogen) atoms. The number of amides is 3. The van der Waals surface area contributed by atoms with Crippen LogP contribution in [-0.2, 0) is 11.2 Å². The van der Waals surface area contributed by atoms with E-state index in [-0.39, 0.29) is 12.3 Å². The van der Waals surface area contributed by atoms with Crippen LogP contribution >= 0.6 is 0 Å². The molecular formula is C15H18F3N3O2. The van der Waals surface area contributed by atoms with E-state index in [0.717, 1.165) is 0 Å². The van der Waals surface area contributed by atoms with Gasteiger partial charge in [0, 0.05) is 20.0 Å². The zero-order chi connectivity index (χ0) is 17.0. The van der Waals surface area contributed by atoms with Crippen LogP contribution in [0.25, 0.3) is 0 Å². The third kappa shape index (κ3) is 4.61. The van der Waals surface area contributed by atoms with Gasteiger partial charge in [0.2, 0.25) is 5.91 Å². The number of carbonyl (C=O) groups excluding carboxylic acids is 2. The Labute approximate surface area is 131 Å². The SMILES string of the molecule is CN1CC[C@H](NC(=O)N[C@H](Cc2ccccc2)C(F)(F)F)C1=O. The van der Waals surface area contributed by atoms with Gasteiger partial charge in [-0.3, -0.25) is 4.79 Å². The molecular weight excluding hydrogens is 311 g/mol. The monoisotopic (exact) mass is 329 g/mol. The first kappa shape index (κ1) is 17.1. The van der Waals surface area contributed by atoms with Gasteiger partial charge in [0.05, 0.1) is 0 Å². The minimum atomic E-state index is -4.58. The summed E-state index contributed by atoms with van der Waals surface area (Å²) in [4.78, 5) is 24.9. The fourth-order valence-electron chi connectivity index (χ4n) is 2.41. The van der Waals surface area contributed by atoms with E-state index in [2.05, 4.69) is 5.32 Å². The van der Waals surface area contributed by atoms with Crippen molar-refractivity contribution in [1.29, 1.82) is 0 Å². The number of urea groups is 1. The molecule has 1 aromatic carbocycles. The number of carbonyl (C=O) groups is 2.